The van der Waals surface area contributed by atoms with E-state index in [4.69, 9.17) is 0 Å². The molecule has 0 unspecified atom stereocenters. The van der Waals surface area contributed by atoms with Crippen molar-refractivity contribution in [3.05, 3.63) is 35.1 Å². The van der Waals surface area contributed by atoms with Crippen LogP contribution >= 0.6 is 11.3 Å². The van der Waals surface area contributed by atoms with E-state index in [1.165, 1.54) is 0 Å². The summed E-state index contributed by atoms with van der Waals surface area (Å²) in [5, 5.41) is 15.1. The minimum Gasteiger partial charge on any atom is -0.255 e. The monoisotopic (exact) mass is 297 g/mol. The third kappa shape index (κ3) is 2.30. The van der Waals surface area contributed by atoms with E-state index >= 15 is 0 Å². The van der Waals surface area contributed by atoms with Gasteiger partial charge in [0, 0.05) is 12.1 Å². The van der Waals surface area contributed by atoms with Gasteiger partial charge in [-0.15, -0.1) is 0 Å². The fourth-order valence-electron chi connectivity index (χ4n) is 2.35. The first-order valence-electron chi connectivity index (χ1n) is 6.99. The van der Waals surface area contributed by atoms with Crippen LogP contribution in [0, 0.1) is 11.3 Å². The van der Waals surface area contributed by atoms with Gasteiger partial charge in [0.25, 0.3) is 0 Å². The van der Waals surface area contributed by atoms with Crippen LogP contribution in [0.4, 0.5) is 0 Å². The predicted octanol–water partition coefficient (Wildman–Crippen LogP) is 3.63. The Morgan fingerprint density at radius 1 is 1.33 bits per heavy atom. The van der Waals surface area contributed by atoms with Crippen molar-refractivity contribution in [3.63, 3.8) is 0 Å². The van der Waals surface area contributed by atoms with Gasteiger partial charge in [-0.05, 0) is 25.0 Å². The zero-order valence-corrected chi connectivity index (χ0v) is 12.8. The van der Waals surface area contributed by atoms with E-state index in [9.17, 15) is 5.26 Å². The van der Waals surface area contributed by atoms with Gasteiger partial charge < -0.3 is 0 Å². The van der Waals surface area contributed by atoms with Crippen LogP contribution in [0.5, 0.6) is 0 Å². The lowest BCUT2D eigenvalue weighted by molar-refractivity contribution is 0.625. The van der Waals surface area contributed by atoms with E-state index in [0.29, 0.717) is 23.0 Å². The SMILES string of the molecule is CCC(CC)c1nn2c(C#N)c(-c3ccccn3)nc2s1. The second kappa shape index (κ2) is 5.62. The summed E-state index contributed by atoms with van der Waals surface area (Å²) in [7, 11) is 0. The molecule has 0 atom stereocenters. The fourth-order valence-corrected chi connectivity index (χ4v) is 3.51. The van der Waals surface area contributed by atoms with Gasteiger partial charge in [0.2, 0.25) is 4.96 Å². The molecule has 0 spiro atoms. The molecule has 5 nitrogen and oxygen atoms in total. The molecule has 3 rings (SSSR count). The normalized spacial score (nSPS) is 11.1. The first kappa shape index (κ1) is 13.7. The van der Waals surface area contributed by atoms with Gasteiger partial charge >= 0.3 is 0 Å². The largest absolute Gasteiger partial charge is 0.255 e. The highest BCUT2D eigenvalue weighted by atomic mass is 32.1. The Bertz CT molecular complexity index is 793. The van der Waals surface area contributed by atoms with Crippen molar-refractivity contribution in [2.24, 2.45) is 0 Å². The fraction of sp³-hybridized carbons (Fsp3) is 0.333. The van der Waals surface area contributed by atoms with Gasteiger partial charge in [-0.25, -0.2) is 4.98 Å². The molecule has 3 aromatic rings. The van der Waals surface area contributed by atoms with Gasteiger partial charge in [-0.3, -0.25) is 4.98 Å². The Balaban J connectivity index is 2.14. The summed E-state index contributed by atoms with van der Waals surface area (Å²) >= 11 is 1.56. The smallest absolute Gasteiger partial charge is 0.214 e. The molecular formula is C15H15N5S. The number of aromatic nitrogens is 4. The van der Waals surface area contributed by atoms with Crippen molar-refractivity contribution in [3.8, 4) is 17.5 Å². The summed E-state index contributed by atoms with van der Waals surface area (Å²) in [4.78, 5) is 9.59. The molecule has 0 saturated heterocycles. The standard InChI is InChI=1S/C15H15N5S/c1-3-10(4-2)14-19-20-12(9-16)13(18-15(20)21-14)11-7-5-6-8-17-11/h5-8,10H,3-4H2,1-2H3. The van der Waals surface area contributed by atoms with Crippen molar-refractivity contribution in [2.75, 3.05) is 0 Å². The molecule has 0 aliphatic carbocycles. The Hall–Kier alpha value is -2.26. The minimum atomic E-state index is 0.432. The number of fused-ring (bicyclic) bond motifs is 1. The minimum absolute atomic E-state index is 0.432. The van der Waals surface area contributed by atoms with E-state index in [-0.39, 0.29) is 0 Å². The number of nitriles is 1. The van der Waals surface area contributed by atoms with Crippen molar-refractivity contribution < 1.29 is 0 Å². The average molecular weight is 297 g/mol. The molecule has 0 N–H and O–H groups in total. The van der Waals surface area contributed by atoms with Gasteiger partial charge in [0.15, 0.2) is 5.69 Å². The van der Waals surface area contributed by atoms with E-state index in [1.807, 2.05) is 18.2 Å². The quantitative estimate of drug-likeness (QED) is 0.737. The van der Waals surface area contributed by atoms with Crippen molar-refractivity contribution in [1.29, 1.82) is 5.26 Å². The Morgan fingerprint density at radius 3 is 2.76 bits per heavy atom. The molecule has 3 heterocycles. The van der Waals surface area contributed by atoms with Crippen molar-refractivity contribution in [2.45, 2.75) is 32.6 Å². The van der Waals surface area contributed by atoms with Crippen LogP contribution in [0.15, 0.2) is 24.4 Å². The van der Waals surface area contributed by atoms with E-state index in [0.717, 1.165) is 22.8 Å². The van der Waals surface area contributed by atoms with E-state index < -0.39 is 0 Å². The summed E-state index contributed by atoms with van der Waals surface area (Å²) in [6.07, 6.45) is 3.79. The summed E-state index contributed by atoms with van der Waals surface area (Å²) in [6.45, 7) is 4.31. The lowest BCUT2D eigenvalue weighted by Crippen LogP contribution is -1.98. The summed E-state index contributed by atoms with van der Waals surface area (Å²) in [5.74, 6) is 0.432. The van der Waals surface area contributed by atoms with Crippen LogP contribution in [-0.2, 0) is 0 Å². The van der Waals surface area contributed by atoms with Crippen LogP contribution in [0.25, 0.3) is 16.3 Å². The zero-order valence-electron chi connectivity index (χ0n) is 11.9. The third-order valence-electron chi connectivity index (χ3n) is 3.57. The molecule has 0 bridgehead atoms. The van der Waals surface area contributed by atoms with Crippen molar-refractivity contribution in [1.82, 2.24) is 19.6 Å². The Kier molecular flexibility index (Phi) is 3.67. The van der Waals surface area contributed by atoms with Crippen LogP contribution < -0.4 is 0 Å². The first-order valence-corrected chi connectivity index (χ1v) is 7.81. The molecule has 0 radical (unpaired) electrons. The molecule has 3 aromatic heterocycles. The molecule has 0 aliphatic heterocycles. The molecular weight excluding hydrogens is 282 g/mol. The van der Waals surface area contributed by atoms with Crippen LogP contribution in [-0.4, -0.2) is 19.6 Å². The highest BCUT2D eigenvalue weighted by Crippen LogP contribution is 2.30. The number of rotatable bonds is 4. The summed E-state index contributed by atoms with van der Waals surface area (Å²) < 4.78 is 1.66. The number of nitrogens with zero attached hydrogens (tertiary/aromatic N) is 5. The Labute approximate surface area is 126 Å². The zero-order chi connectivity index (χ0) is 14.8. The highest BCUT2D eigenvalue weighted by molar-refractivity contribution is 7.16. The number of hydrogen-bond donors (Lipinski definition) is 0. The lowest BCUT2D eigenvalue weighted by Gasteiger charge is -2.06. The number of imidazole rings is 1. The van der Waals surface area contributed by atoms with Gasteiger partial charge in [0.1, 0.15) is 16.8 Å². The third-order valence-corrected chi connectivity index (χ3v) is 4.64. The molecule has 0 fully saturated rings. The molecule has 0 aliphatic rings. The van der Waals surface area contributed by atoms with Gasteiger partial charge in [0.05, 0.1) is 5.69 Å². The maximum Gasteiger partial charge on any atom is 0.214 e. The molecule has 0 saturated carbocycles. The highest BCUT2D eigenvalue weighted by Gasteiger charge is 2.20. The molecule has 106 valence electrons. The second-order valence-corrected chi connectivity index (χ2v) is 5.77. The van der Waals surface area contributed by atoms with Crippen molar-refractivity contribution >= 4 is 16.3 Å². The number of pyridine rings is 1. The molecule has 6 heteroatoms. The lowest BCUT2D eigenvalue weighted by atomic mass is 10.1. The Morgan fingerprint density at radius 2 is 2.14 bits per heavy atom. The predicted molar refractivity (Wildman–Crippen MR) is 82.1 cm³/mol. The average Bonchev–Trinajstić information content (AvgIpc) is 3.06. The van der Waals surface area contributed by atoms with E-state index in [2.05, 4.69) is 35.0 Å². The van der Waals surface area contributed by atoms with Gasteiger partial charge in [-0.2, -0.15) is 14.9 Å². The van der Waals surface area contributed by atoms with Crippen LogP contribution in [0.3, 0.4) is 0 Å². The molecule has 21 heavy (non-hydrogen) atoms. The van der Waals surface area contributed by atoms with Crippen LogP contribution in [0.1, 0.15) is 43.3 Å². The maximum atomic E-state index is 9.45. The second-order valence-electron chi connectivity index (χ2n) is 4.78. The molecule has 0 amide bonds. The topological polar surface area (TPSA) is 66.9 Å². The maximum absolute atomic E-state index is 9.45. The first-order chi connectivity index (χ1) is 10.3. The summed E-state index contributed by atoms with van der Waals surface area (Å²) in [6, 6.07) is 7.80. The number of hydrogen-bond acceptors (Lipinski definition) is 5. The molecule has 0 aromatic carbocycles. The summed E-state index contributed by atoms with van der Waals surface area (Å²) in [5.41, 5.74) is 1.76. The van der Waals surface area contributed by atoms with Crippen LogP contribution in [0.2, 0.25) is 0 Å². The van der Waals surface area contributed by atoms with Gasteiger partial charge in [-0.1, -0.05) is 31.3 Å². The van der Waals surface area contributed by atoms with E-state index in [1.54, 1.807) is 22.0 Å².